The van der Waals surface area contributed by atoms with Gasteiger partial charge >= 0.3 is 5.97 Å². The first-order valence-electron chi connectivity index (χ1n) is 11.7. The Bertz CT molecular complexity index is 1270. The molecule has 0 N–H and O–H groups in total. The fourth-order valence-electron chi connectivity index (χ4n) is 3.89. The Labute approximate surface area is 216 Å². The topological polar surface area (TPSA) is 72.9 Å². The van der Waals surface area contributed by atoms with E-state index in [1.807, 2.05) is 57.2 Å². The number of esters is 1. The highest BCUT2D eigenvalue weighted by Gasteiger charge is 2.30. The van der Waals surface area contributed by atoms with Crippen molar-refractivity contribution in [2.45, 2.75) is 56.8 Å². The normalized spacial score (nSPS) is 12.7. The maximum Gasteiger partial charge on any atom is 0.305 e. The summed E-state index contributed by atoms with van der Waals surface area (Å²) in [7, 11) is -2.34. The molecular weight excluding hydrogens is 506 g/mol. The van der Waals surface area contributed by atoms with Gasteiger partial charge in [0.1, 0.15) is 16.1 Å². The van der Waals surface area contributed by atoms with Crippen molar-refractivity contribution in [2.75, 3.05) is 20.2 Å². The fourth-order valence-corrected chi connectivity index (χ4v) is 7.50. The second-order valence-electron chi connectivity index (χ2n) is 8.39. The molecule has 0 bridgehead atoms. The van der Waals surface area contributed by atoms with Crippen molar-refractivity contribution in [3.63, 3.8) is 0 Å². The van der Waals surface area contributed by atoms with Gasteiger partial charge in [-0.1, -0.05) is 37.6 Å². The SMILES string of the molecule is CCCN(CC(CC)Oc1cccc(CCC(=O)OC)c1)S(=O)(=O)c1sc2ccc(Cl)cc2c1C. The van der Waals surface area contributed by atoms with Crippen LogP contribution in [0.4, 0.5) is 0 Å². The lowest BCUT2D eigenvalue weighted by molar-refractivity contribution is -0.140. The highest BCUT2D eigenvalue weighted by molar-refractivity contribution is 7.91. The van der Waals surface area contributed by atoms with Crippen LogP contribution in [0, 0.1) is 6.92 Å². The number of fused-ring (bicyclic) bond motifs is 1. The van der Waals surface area contributed by atoms with Crippen LogP contribution in [0.1, 0.15) is 44.2 Å². The van der Waals surface area contributed by atoms with Crippen molar-refractivity contribution in [3.05, 3.63) is 58.6 Å². The smallest absolute Gasteiger partial charge is 0.305 e. The van der Waals surface area contributed by atoms with E-state index in [1.54, 1.807) is 6.07 Å². The van der Waals surface area contributed by atoms with Gasteiger partial charge in [-0.25, -0.2) is 8.42 Å². The van der Waals surface area contributed by atoms with Crippen molar-refractivity contribution < 1.29 is 22.7 Å². The van der Waals surface area contributed by atoms with Crippen LogP contribution >= 0.6 is 22.9 Å². The fraction of sp³-hybridized carbons (Fsp3) is 0.423. The number of sulfonamides is 1. The molecular formula is C26H32ClNO5S2. The zero-order valence-electron chi connectivity index (χ0n) is 20.5. The molecule has 0 saturated carbocycles. The van der Waals surface area contributed by atoms with Crippen LogP contribution in [0.3, 0.4) is 0 Å². The highest BCUT2D eigenvalue weighted by atomic mass is 35.5. The summed E-state index contributed by atoms with van der Waals surface area (Å²) in [5, 5.41) is 1.45. The number of thiophene rings is 1. The molecule has 0 spiro atoms. The summed E-state index contributed by atoms with van der Waals surface area (Å²) in [6.45, 7) is 6.42. The molecule has 35 heavy (non-hydrogen) atoms. The van der Waals surface area contributed by atoms with Gasteiger partial charge in [0.05, 0.1) is 13.7 Å². The lowest BCUT2D eigenvalue weighted by Crippen LogP contribution is -2.40. The summed E-state index contributed by atoms with van der Waals surface area (Å²) in [5.74, 6) is 0.391. The number of hydrogen-bond donors (Lipinski definition) is 0. The summed E-state index contributed by atoms with van der Waals surface area (Å²) >= 11 is 7.43. The Morgan fingerprint density at radius 1 is 1.17 bits per heavy atom. The predicted octanol–water partition coefficient (Wildman–Crippen LogP) is 6.23. The van der Waals surface area contributed by atoms with Gasteiger partial charge < -0.3 is 9.47 Å². The van der Waals surface area contributed by atoms with E-state index in [4.69, 9.17) is 21.1 Å². The van der Waals surface area contributed by atoms with E-state index in [2.05, 4.69) is 0 Å². The Hall–Kier alpha value is -2.13. The van der Waals surface area contributed by atoms with Crippen LogP contribution in [-0.2, 0) is 26.0 Å². The third-order valence-electron chi connectivity index (χ3n) is 5.81. The molecule has 0 amide bonds. The molecule has 0 aliphatic carbocycles. The van der Waals surface area contributed by atoms with Crippen molar-refractivity contribution in [1.82, 2.24) is 4.31 Å². The van der Waals surface area contributed by atoms with Crippen LogP contribution < -0.4 is 4.74 Å². The number of carbonyl (C=O) groups is 1. The summed E-state index contributed by atoms with van der Waals surface area (Å²) in [5.41, 5.74) is 1.68. The van der Waals surface area contributed by atoms with Gasteiger partial charge in [0.25, 0.3) is 10.0 Å². The lowest BCUT2D eigenvalue weighted by atomic mass is 10.1. The molecule has 1 atom stereocenters. The Morgan fingerprint density at radius 3 is 2.63 bits per heavy atom. The quantitative estimate of drug-likeness (QED) is 0.256. The maximum atomic E-state index is 13.7. The van der Waals surface area contributed by atoms with E-state index in [1.165, 1.54) is 22.8 Å². The second-order valence-corrected chi connectivity index (χ2v) is 12.0. The van der Waals surface area contributed by atoms with E-state index in [9.17, 15) is 13.2 Å². The molecule has 3 rings (SSSR count). The number of carbonyl (C=O) groups excluding carboxylic acids is 1. The minimum Gasteiger partial charge on any atom is -0.489 e. The molecule has 3 aromatic rings. The Kier molecular flexibility index (Phi) is 9.58. The molecule has 9 heteroatoms. The monoisotopic (exact) mass is 537 g/mol. The average molecular weight is 538 g/mol. The van der Waals surface area contributed by atoms with E-state index in [-0.39, 0.29) is 18.6 Å². The third kappa shape index (κ3) is 6.76. The van der Waals surface area contributed by atoms with Gasteiger partial charge in [-0.2, -0.15) is 4.31 Å². The van der Waals surface area contributed by atoms with E-state index < -0.39 is 10.0 Å². The summed E-state index contributed by atoms with van der Waals surface area (Å²) in [4.78, 5) is 11.5. The molecule has 0 fully saturated rings. The standard InChI is InChI=1S/C26H32ClNO5S2/c1-5-14-28(35(30,31)26-18(3)23-16-20(27)11-12-24(23)34-26)17-21(6-2)33-22-9-7-8-19(15-22)10-13-25(29)32-4/h7-9,11-12,15-16,21H,5-6,10,13-14,17H2,1-4H3. The molecule has 0 aliphatic heterocycles. The molecule has 0 aliphatic rings. The number of halogens is 1. The van der Waals surface area contributed by atoms with Crippen molar-refractivity contribution in [3.8, 4) is 5.75 Å². The summed E-state index contributed by atoms with van der Waals surface area (Å²) in [6.07, 6.45) is 1.85. The number of rotatable bonds is 12. The number of nitrogens with zero attached hydrogens (tertiary/aromatic N) is 1. The summed E-state index contributed by atoms with van der Waals surface area (Å²) < 4.78 is 41.2. The second kappa shape index (κ2) is 12.2. The van der Waals surface area contributed by atoms with Crippen LogP contribution in [0.25, 0.3) is 10.1 Å². The number of hydrogen-bond acceptors (Lipinski definition) is 6. The summed E-state index contributed by atoms with van der Waals surface area (Å²) in [6, 6.07) is 13.0. The largest absolute Gasteiger partial charge is 0.489 e. The van der Waals surface area contributed by atoms with Gasteiger partial charge in [-0.15, -0.1) is 11.3 Å². The van der Waals surface area contributed by atoms with E-state index in [0.717, 1.165) is 21.2 Å². The Morgan fingerprint density at radius 2 is 1.94 bits per heavy atom. The highest BCUT2D eigenvalue weighted by Crippen LogP contribution is 2.37. The van der Waals surface area contributed by atoms with Gasteiger partial charge in [0, 0.05) is 22.7 Å². The zero-order valence-corrected chi connectivity index (χ0v) is 22.9. The van der Waals surface area contributed by atoms with Crippen molar-refractivity contribution >= 4 is 49.0 Å². The minimum absolute atomic E-state index is 0.244. The van der Waals surface area contributed by atoms with Crippen molar-refractivity contribution in [2.24, 2.45) is 0 Å². The van der Waals surface area contributed by atoms with Gasteiger partial charge in [-0.3, -0.25) is 4.79 Å². The van der Waals surface area contributed by atoms with Crippen LogP contribution in [0.2, 0.25) is 5.02 Å². The van der Waals surface area contributed by atoms with E-state index in [0.29, 0.717) is 47.2 Å². The third-order valence-corrected chi connectivity index (χ3v) is 9.78. The number of ether oxygens (including phenoxy) is 2. The zero-order chi connectivity index (χ0) is 25.6. The molecule has 1 aromatic heterocycles. The first-order chi connectivity index (χ1) is 16.7. The molecule has 1 heterocycles. The molecule has 0 saturated heterocycles. The van der Waals surface area contributed by atoms with Crippen LogP contribution in [-0.4, -0.2) is 45.0 Å². The van der Waals surface area contributed by atoms with Gasteiger partial charge in [0.2, 0.25) is 0 Å². The molecule has 0 radical (unpaired) electrons. The van der Waals surface area contributed by atoms with Crippen LogP contribution in [0.5, 0.6) is 5.75 Å². The molecule has 1 unspecified atom stereocenters. The van der Waals surface area contributed by atoms with Crippen molar-refractivity contribution in [1.29, 1.82) is 0 Å². The maximum absolute atomic E-state index is 13.7. The number of methoxy groups -OCH3 is 1. The minimum atomic E-state index is -3.72. The lowest BCUT2D eigenvalue weighted by Gasteiger charge is -2.27. The average Bonchev–Trinajstić information content (AvgIpc) is 3.18. The van der Waals surface area contributed by atoms with Gasteiger partial charge in [0.15, 0.2) is 0 Å². The molecule has 2 aromatic carbocycles. The molecule has 6 nitrogen and oxygen atoms in total. The first-order valence-corrected chi connectivity index (χ1v) is 14.3. The Balaban J connectivity index is 1.81. The van der Waals surface area contributed by atoms with Gasteiger partial charge in [-0.05, 0) is 73.0 Å². The van der Waals surface area contributed by atoms with Crippen LogP contribution in [0.15, 0.2) is 46.7 Å². The van der Waals surface area contributed by atoms with E-state index >= 15 is 0 Å². The number of benzene rings is 2. The predicted molar refractivity (Wildman–Crippen MR) is 142 cm³/mol. The number of aryl methyl sites for hydroxylation is 2. The first kappa shape index (κ1) is 27.5. The molecule has 190 valence electrons.